The van der Waals surface area contributed by atoms with Crippen LogP contribution in [-0.2, 0) is 19.1 Å². The summed E-state index contributed by atoms with van der Waals surface area (Å²) in [6, 6.07) is 0. The third kappa shape index (κ3) is 7.41. The molecule has 0 aliphatic carbocycles. The zero-order valence-corrected chi connectivity index (χ0v) is 16.7. The fourth-order valence-electron chi connectivity index (χ4n) is 3.19. The molecule has 1 heterocycles. The normalized spacial score (nSPS) is 21.6. The average Bonchev–Trinajstić information content (AvgIpc) is 2.98. The first-order valence-corrected chi connectivity index (χ1v) is 10.2. The number of carboxylic acid groups (broad SMARTS) is 1. The highest BCUT2D eigenvalue weighted by Gasteiger charge is 2.48. The van der Waals surface area contributed by atoms with Gasteiger partial charge in [0.25, 0.3) is 0 Å². The summed E-state index contributed by atoms with van der Waals surface area (Å²) in [5, 5.41) is 48.2. The quantitative estimate of drug-likeness (QED) is 0.0925. The minimum atomic E-state index is -2.29. The number of ketones is 1. The predicted molar refractivity (Wildman–Crippen MR) is 102 cm³/mol. The second-order valence-electron chi connectivity index (χ2n) is 7.36. The minimum absolute atomic E-state index is 0.152. The minimum Gasteiger partial charge on any atom is -0.508 e. The zero-order chi connectivity index (χ0) is 22.0. The first-order valence-electron chi connectivity index (χ1n) is 10.2. The number of aliphatic hydroxyl groups is 4. The van der Waals surface area contributed by atoms with Crippen LogP contribution in [0.5, 0.6) is 0 Å². The molecule has 5 N–H and O–H groups in total. The van der Waals surface area contributed by atoms with Gasteiger partial charge in [0.2, 0.25) is 11.9 Å². The highest BCUT2D eigenvalue weighted by atomic mass is 16.6. The van der Waals surface area contributed by atoms with Crippen molar-refractivity contribution in [2.45, 2.75) is 95.5 Å². The van der Waals surface area contributed by atoms with E-state index in [0.29, 0.717) is 6.42 Å². The molecule has 0 saturated carbocycles. The van der Waals surface area contributed by atoms with Gasteiger partial charge in [-0.15, -0.1) is 0 Å². The average molecular weight is 416 g/mol. The number of carbonyl (C=O) groups is 3. The van der Waals surface area contributed by atoms with Crippen molar-refractivity contribution in [2.24, 2.45) is 0 Å². The predicted octanol–water partition coefficient (Wildman–Crippen LogP) is 1.38. The molecule has 0 radical (unpaired) electrons. The number of ether oxygens (including phenoxy) is 1. The van der Waals surface area contributed by atoms with Crippen LogP contribution in [0.4, 0.5) is 0 Å². The van der Waals surface area contributed by atoms with E-state index >= 15 is 0 Å². The third-order valence-corrected chi connectivity index (χ3v) is 4.99. The summed E-state index contributed by atoms with van der Waals surface area (Å²) in [6.07, 6.45) is 2.11. The van der Waals surface area contributed by atoms with E-state index in [9.17, 15) is 34.8 Å². The summed E-state index contributed by atoms with van der Waals surface area (Å²) in [5.41, 5.74) is -0.950. The molecule has 4 atom stereocenters. The summed E-state index contributed by atoms with van der Waals surface area (Å²) in [7, 11) is 0. The molecule has 0 aromatic heterocycles. The van der Waals surface area contributed by atoms with Gasteiger partial charge in [-0.25, -0.2) is 9.59 Å². The number of Topliss-reactive ketones (excluding diaryl/α,β-unsaturated/α-hetero) is 1. The van der Waals surface area contributed by atoms with Gasteiger partial charge < -0.3 is 30.3 Å². The Balaban J connectivity index is 2.49. The SMILES string of the molecule is CCCCCCCCCCCC(O)C(O)C(O)=C1C(=O)OC(C(O)C(=O)O)C1=O. The second-order valence-corrected chi connectivity index (χ2v) is 7.36. The standard InChI is InChI=1S/C20H32O9/c1-2-3-4-5-6-7-8-9-10-11-12(21)14(22)15(23)13-16(24)18(29-20(13)28)17(25)19(26)27/h12,14,17-18,21-23,25H,2-11H2,1H3,(H,26,27). The van der Waals surface area contributed by atoms with E-state index in [1.54, 1.807) is 0 Å². The van der Waals surface area contributed by atoms with Crippen molar-refractivity contribution in [3.63, 3.8) is 0 Å². The number of aliphatic hydroxyl groups excluding tert-OH is 4. The first kappa shape index (κ1) is 25.1. The Labute approximate surface area is 170 Å². The monoisotopic (exact) mass is 416 g/mol. The summed E-state index contributed by atoms with van der Waals surface area (Å²) in [5.74, 6) is -5.46. The number of hydrogen-bond acceptors (Lipinski definition) is 8. The zero-order valence-electron chi connectivity index (χ0n) is 16.7. The highest BCUT2D eigenvalue weighted by molar-refractivity contribution is 6.24. The van der Waals surface area contributed by atoms with Crippen LogP contribution in [0, 0.1) is 0 Å². The molecule has 29 heavy (non-hydrogen) atoms. The van der Waals surface area contributed by atoms with Crippen LogP contribution in [-0.4, -0.2) is 67.7 Å². The number of unbranched alkanes of at least 4 members (excludes halogenated alkanes) is 8. The number of hydrogen-bond donors (Lipinski definition) is 5. The molecule has 1 saturated heterocycles. The van der Waals surface area contributed by atoms with Gasteiger partial charge in [-0.2, -0.15) is 0 Å². The molecule has 1 fully saturated rings. The van der Waals surface area contributed by atoms with Gasteiger partial charge in [0.1, 0.15) is 17.4 Å². The van der Waals surface area contributed by atoms with E-state index in [4.69, 9.17) is 5.11 Å². The van der Waals surface area contributed by atoms with Gasteiger partial charge in [-0.1, -0.05) is 64.7 Å². The van der Waals surface area contributed by atoms with E-state index in [1.165, 1.54) is 25.7 Å². The van der Waals surface area contributed by atoms with Gasteiger partial charge >= 0.3 is 11.9 Å². The number of aliphatic carboxylic acids is 1. The smallest absolute Gasteiger partial charge is 0.346 e. The van der Waals surface area contributed by atoms with Gasteiger partial charge in [-0.3, -0.25) is 4.79 Å². The number of carbonyl (C=O) groups excluding carboxylic acids is 2. The maximum atomic E-state index is 12.1. The number of cyclic esters (lactones) is 1. The Morgan fingerprint density at radius 3 is 1.97 bits per heavy atom. The lowest BCUT2D eigenvalue weighted by Crippen LogP contribution is -2.38. The molecule has 4 unspecified atom stereocenters. The molecule has 0 bridgehead atoms. The molecule has 9 nitrogen and oxygen atoms in total. The molecule has 0 aromatic rings. The summed E-state index contributed by atoms with van der Waals surface area (Å²) < 4.78 is 4.49. The molecule has 0 aromatic carbocycles. The van der Waals surface area contributed by atoms with Crippen LogP contribution in [0.2, 0.25) is 0 Å². The van der Waals surface area contributed by atoms with Crippen molar-refractivity contribution in [3.05, 3.63) is 11.3 Å². The lowest BCUT2D eigenvalue weighted by Gasteiger charge is -2.17. The van der Waals surface area contributed by atoms with Crippen LogP contribution < -0.4 is 0 Å². The molecule has 1 aliphatic rings. The van der Waals surface area contributed by atoms with E-state index in [2.05, 4.69) is 11.7 Å². The summed E-state index contributed by atoms with van der Waals surface area (Å²) >= 11 is 0. The molecule has 9 heteroatoms. The van der Waals surface area contributed by atoms with Gasteiger partial charge in [0.15, 0.2) is 6.10 Å². The van der Waals surface area contributed by atoms with Crippen molar-refractivity contribution < 1.29 is 44.7 Å². The maximum absolute atomic E-state index is 12.1. The fourth-order valence-corrected chi connectivity index (χ4v) is 3.19. The van der Waals surface area contributed by atoms with E-state index < -0.39 is 53.5 Å². The van der Waals surface area contributed by atoms with Crippen molar-refractivity contribution in [1.29, 1.82) is 0 Å². The lowest BCUT2D eigenvalue weighted by atomic mass is 9.98. The van der Waals surface area contributed by atoms with E-state index in [0.717, 1.165) is 25.7 Å². The van der Waals surface area contributed by atoms with Crippen LogP contribution in [0.25, 0.3) is 0 Å². The van der Waals surface area contributed by atoms with E-state index in [1.807, 2.05) is 0 Å². The molecular formula is C20H32O9. The van der Waals surface area contributed by atoms with E-state index in [-0.39, 0.29) is 6.42 Å². The van der Waals surface area contributed by atoms with Crippen LogP contribution >= 0.6 is 0 Å². The van der Waals surface area contributed by atoms with Crippen molar-refractivity contribution >= 4 is 17.7 Å². The third-order valence-electron chi connectivity index (χ3n) is 4.99. The molecule has 1 aliphatic heterocycles. The Kier molecular flexibility index (Phi) is 10.9. The molecule has 1 rings (SSSR count). The Bertz CT molecular complexity index is 599. The summed E-state index contributed by atoms with van der Waals surface area (Å²) in [4.78, 5) is 34.6. The van der Waals surface area contributed by atoms with Gasteiger partial charge in [0.05, 0.1) is 6.10 Å². The maximum Gasteiger partial charge on any atom is 0.346 e. The number of carboxylic acids is 1. The van der Waals surface area contributed by atoms with Crippen molar-refractivity contribution in [2.75, 3.05) is 0 Å². The number of esters is 1. The summed E-state index contributed by atoms with van der Waals surface area (Å²) in [6.45, 7) is 2.16. The highest BCUT2D eigenvalue weighted by Crippen LogP contribution is 2.25. The molecule has 166 valence electrons. The largest absolute Gasteiger partial charge is 0.508 e. The Morgan fingerprint density at radius 1 is 0.931 bits per heavy atom. The first-order chi connectivity index (χ1) is 13.7. The molecule has 0 spiro atoms. The lowest BCUT2D eigenvalue weighted by molar-refractivity contribution is -0.161. The second kappa shape index (κ2) is 12.6. The van der Waals surface area contributed by atoms with Gasteiger partial charge in [0, 0.05) is 0 Å². The van der Waals surface area contributed by atoms with Gasteiger partial charge in [-0.05, 0) is 6.42 Å². The number of rotatable bonds is 14. The topological polar surface area (TPSA) is 162 Å². The van der Waals surface area contributed by atoms with Crippen LogP contribution in [0.1, 0.15) is 71.1 Å². The van der Waals surface area contributed by atoms with Crippen LogP contribution in [0.15, 0.2) is 11.3 Å². The van der Waals surface area contributed by atoms with Crippen molar-refractivity contribution in [3.8, 4) is 0 Å². The molecule has 0 amide bonds. The fraction of sp³-hybridized carbons (Fsp3) is 0.750. The Morgan fingerprint density at radius 2 is 1.45 bits per heavy atom. The Hall–Kier alpha value is -1.97. The van der Waals surface area contributed by atoms with Crippen LogP contribution in [0.3, 0.4) is 0 Å². The van der Waals surface area contributed by atoms with Crippen molar-refractivity contribution in [1.82, 2.24) is 0 Å². The molecular weight excluding hydrogens is 384 g/mol.